The number of fused-ring (bicyclic) bond motifs is 4. The summed E-state index contributed by atoms with van der Waals surface area (Å²) < 4.78 is 0. The number of hydrogen-bond donors (Lipinski definition) is 2. The molecule has 0 heterocycles. The van der Waals surface area contributed by atoms with Crippen molar-refractivity contribution in [2.45, 2.75) is 57.0 Å². The lowest BCUT2D eigenvalue weighted by molar-refractivity contribution is 0.157. The molecule has 3 atom stereocenters. The Morgan fingerprint density at radius 1 is 0.962 bits per heavy atom. The van der Waals surface area contributed by atoms with Crippen LogP contribution in [0.1, 0.15) is 55.7 Å². The first-order valence-corrected chi connectivity index (χ1v) is 9.82. The molecule has 5 rings (SSSR count). The molecule has 2 aromatic carbocycles. The molecule has 0 aliphatic heterocycles. The SMILES string of the molecule is C[C@]12CC[C@]3(c4ccccc4)C(=C1C[C@@H](O)C2)CCc1cc(O)ccc13. The lowest BCUT2D eigenvalue weighted by atomic mass is 9.53. The zero-order valence-electron chi connectivity index (χ0n) is 15.3. The lowest BCUT2D eigenvalue weighted by Crippen LogP contribution is -2.41. The van der Waals surface area contributed by atoms with Crippen LogP contribution >= 0.6 is 0 Å². The molecule has 134 valence electrons. The van der Waals surface area contributed by atoms with Gasteiger partial charge < -0.3 is 10.2 Å². The molecule has 0 radical (unpaired) electrons. The Morgan fingerprint density at radius 3 is 2.58 bits per heavy atom. The largest absolute Gasteiger partial charge is 0.508 e. The Labute approximate surface area is 155 Å². The van der Waals surface area contributed by atoms with E-state index < -0.39 is 0 Å². The molecule has 0 amide bonds. The third-order valence-electron chi connectivity index (χ3n) is 7.25. The van der Waals surface area contributed by atoms with E-state index in [1.807, 2.05) is 12.1 Å². The maximum atomic E-state index is 10.4. The van der Waals surface area contributed by atoms with Crippen molar-refractivity contribution in [1.82, 2.24) is 0 Å². The molecule has 0 aromatic heterocycles. The van der Waals surface area contributed by atoms with Crippen molar-refractivity contribution in [3.8, 4) is 5.75 Å². The maximum Gasteiger partial charge on any atom is 0.115 e. The summed E-state index contributed by atoms with van der Waals surface area (Å²) in [4.78, 5) is 0. The molecule has 1 saturated carbocycles. The molecule has 2 heteroatoms. The second-order valence-electron chi connectivity index (χ2n) is 8.69. The number of allylic oxidation sites excluding steroid dienone is 1. The van der Waals surface area contributed by atoms with E-state index in [-0.39, 0.29) is 16.9 Å². The molecule has 0 bridgehead atoms. The third kappa shape index (κ3) is 2.08. The highest BCUT2D eigenvalue weighted by molar-refractivity contribution is 5.59. The van der Waals surface area contributed by atoms with E-state index in [1.54, 1.807) is 5.57 Å². The van der Waals surface area contributed by atoms with E-state index >= 15 is 0 Å². The molecular formula is C24H26O2. The van der Waals surface area contributed by atoms with E-state index in [4.69, 9.17) is 0 Å². The van der Waals surface area contributed by atoms with Gasteiger partial charge in [-0.05, 0) is 72.8 Å². The molecule has 3 aliphatic rings. The quantitative estimate of drug-likeness (QED) is 0.723. The van der Waals surface area contributed by atoms with Gasteiger partial charge in [-0.3, -0.25) is 0 Å². The minimum Gasteiger partial charge on any atom is -0.508 e. The van der Waals surface area contributed by atoms with E-state index in [0.717, 1.165) is 38.5 Å². The van der Waals surface area contributed by atoms with Crippen molar-refractivity contribution < 1.29 is 10.2 Å². The van der Waals surface area contributed by atoms with Gasteiger partial charge in [-0.1, -0.05) is 54.5 Å². The Balaban J connectivity index is 1.82. The Morgan fingerprint density at radius 2 is 1.77 bits per heavy atom. The van der Waals surface area contributed by atoms with Crippen molar-refractivity contribution in [2.24, 2.45) is 5.41 Å². The van der Waals surface area contributed by atoms with Crippen LogP contribution in [-0.2, 0) is 11.8 Å². The fourth-order valence-electron chi connectivity index (χ4n) is 6.13. The number of hydrogen-bond acceptors (Lipinski definition) is 2. The number of aliphatic hydroxyl groups is 1. The molecule has 0 saturated heterocycles. The first-order valence-electron chi connectivity index (χ1n) is 9.82. The predicted molar refractivity (Wildman–Crippen MR) is 103 cm³/mol. The number of benzene rings is 2. The Bertz CT molecular complexity index is 898. The fraction of sp³-hybridized carbons (Fsp3) is 0.417. The van der Waals surface area contributed by atoms with Crippen LogP contribution in [0.5, 0.6) is 5.75 Å². The highest BCUT2D eigenvalue weighted by atomic mass is 16.3. The van der Waals surface area contributed by atoms with Gasteiger partial charge in [-0.15, -0.1) is 0 Å². The minimum atomic E-state index is -0.199. The lowest BCUT2D eigenvalue weighted by Gasteiger charge is -2.50. The number of rotatable bonds is 1. The van der Waals surface area contributed by atoms with Crippen LogP contribution in [0.25, 0.3) is 0 Å². The number of phenols is 1. The van der Waals surface area contributed by atoms with Gasteiger partial charge in [0.15, 0.2) is 0 Å². The van der Waals surface area contributed by atoms with Crippen LogP contribution in [0.3, 0.4) is 0 Å². The van der Waals surface area contributed by atoms with Crippen LogP contribution in [0.2, 0.25) is 0 Å². The van der Waals surface area contributed by atoms with E-state index in [2.05, 4.69) is 43.3 Å². The van der Waals surface area contributed by atoms with Gasteiger partial charge in [-0.25, -0.2) is 0 Å². The Hall–Kier alpha value is -2.06. The zero-order chi connectivity index (χ0) is 17.9. The molecule has 26 heavy (non-hydrogen) atoms. The van der Waals surface area contributed by atoms with E-state index in [9.17, 15) is 10.2 Å². The van der Waals surface area contributed by atoms with E-state index in [0.29, 0.717) is 5.75 Å². The van der Waals surface area contributed by atoms with Gasteiger partial charge in [0.05, 0.1) is 6.10 Å². The van der Waals surface area contributed by atoms with Crippen molar-refractivity contribution >= 4 is 0 Å². The summed E-state index contributed by atoms with van der Waals surface area (Å²) in [5.74, 6) is 0.361. The average molecular weight is 346 g/mol. The minimum absolute atomic E-state index is 0.0958. The molecule has 0 unspecified atom stereocenters. The van der Waals surface area contributed by atoms with Crippen molar-refractivity contribution in [1.29, 1.82) is 0 Å². The van der Waals surface area contributed by atoms with Gasteiger partial charge in [0, 0.05) is 5.41 Å². The summed E-state index contributed by atoms with van der Waals surface area (Å²) in [7, 11) is 0. The number of phenolic OH excluding ortho intramolecular Hbond substituents is 1. The molecule has 0 spiro atoms. The second kappa shape index (κ2) is 5.47. The molecular weight excluding hydrogens is 320 g/mol. The summed E-state index contributed by atoms with van der Waals surface area (Å²) in [5, 5.41) is 20.5. The van der Waals surface area contributed by atoms with Crippen LogP contribution in [0.15, 0.2) is 59.7 Å². The standard InChI is InChI=1S/C24H26O2/c1-23-11-12-24(17-5-3-2-4-6-17)20-10-8-18(25)13-16(20)7-9-21(24)22(23)14-19(26)15-23/h2-6,8,10,13,19,25-26H,7,9,11-12,14-15H2,1H3/t19-,23-,24-/m1/s1. The topological polar surface area (TPSA) is 40.5 Å². The van der Waals surface area contributed by atoms with Gasteiger partial charge in [-0.2, -0.15) is 0 Å². The summed E-state index contributed by atoms with van der Waals surface area (Å²) in [6, 6.07) is 16.8. The molecule has 3 aliphatic carbocycles. The highest BCUT2D eigenvalue weighted by Crippen LogP contribution is 2.62. The molecule has 1 fully saturated rings. The van der Waals surface area contributed by atoms with Gasteiger partial charge in [0.1, 0.15) is 5.75 Å². The fourth-order valence-corrected chi connectivity index (χ4v) is 6.13. The van der Waals surface area contributed by atoms with Gasteiger partial charge in [0.2, 0.25) is 0 Å². The first kappa shape index (κ1) is 16.1. The monoisotopic (exact) mass is 346 g/mol. The van der Waals surface area contributed by atoms with Crippen LogP contribution in [0.4, 0.5) is 0 Å². The molecule has 2 nitrogen and oxygen atoms in total. The molecule has 2 N–H and O–H groups in total. The van der Waals surface area contributed by atoms with Gasteiger partial charge in [0.25, 0.3) is 0 Å². The predicted octanol–water partition coefficient (Wildman–Crippen LogP) is 4.88. The summed E-state index contributed by atoms with van der Waals surface area (Å²) in [6.07, 6.45) is 5.73. The van der Waals surface area contributed by atoms with Crippen LogP contribution in [0, 0.1) is 5.41 Å². The van der Waals surface area contributed by atoms with Crippen molar-refractivity contribution in [3.63, 3.8) is 0 Å². The highest BCUT2D eigenvalue weighted by Gasteiger charge is 2.52. The Kier molecular flexibility index (Phi) is 3.39. The third-order valence-corrected chi connectivity index (χ3v) is 7.25. The zero-order valence-corrected chi connectivity index (χ0v) is 15.3. The van der Waals surface area contributed by atoms with Crippen LogP contribution < -0.4 is 0 Å². The summed E-state index contributed by atoms with van der Waals surface area (Å²) in [6.45, 7) is 2.35. The van der Waals surface area contributed by atoms with Crippen molar-refractivity contribution in [3.05, 3.63) is 76.4 Å². The van der Waals surface area contributed by atoms with Gasteiger partial charge >= 0.3 is 0 Å². The number of aromatic hydroxyl groups is 1. The average Bonchev–Trinajstić information content (AvgIpc) is 2.95. The van der Waals surface area contributed by atoms with Crippen LogP contribution in [-0.4, -0.2) is 16.3 Å². The van der Waals surface area contributed by atoms with Crippen molar-refractivity contribution in [2.75, 3.05) is 0 Å². The summed E-state index contributed by atoms with van der Waals surface area (Å²) in [5.41, 5.74) is 7.12. The molecule has 2 aromatic rings. The number of aryl methyl sites for hydroxylation is 1. The smallest absolute Gasteiger partial charge is 0.115 e. The second-order valence-corrected chi connectivity index (χ2v) is 8.69. The first-order chi connectivity index (χ1) is 12.5. The normalized spacial score (nSPS) is 32.8. The van der Waals surface area contributed by atoms with E-state index in [1.165, 1.54) is 22.3 Å². The number of aliphatic hydroxyl groups excluding tert-OH is 1. The maximum absolute atomic E-state index is 10.4. The summed E-state index contributed by atoms with van der Waals surface area (Å²) >= 11 is 0.